The fourth-order valence-electron chi connectivity index (χ4n) is 9.67. The lowest BCUT2D eigenvalue weighted by Crippen LogP contribution is -2.44. The summed E-state index contributed by atoms with van der Waals surface area (Å²) in [6, 6.07) is 39.2. The normalized spacial score (nSPS) is 17.0. The minimum atomic E-state index is -0.886. The second-order valence-electron chi connectivity index (χ2n) is 17.2. The molecule has 59 heavy (non-hydrogen) atoms. The Balaban J connectivity index is 1.42. The first-order valence-corrected chi connectivity index (χ1v) is 21.4. The molecule has 0 radical (unpaired) electrons. The van der Waals surface area contributed by atoms with Gasteiger partial charge in [-0.05, 0) is 88.4 Å². The van der Waals surface area contributed by atoms with E-state index in [9.17, 15) is 0 Å². The molecule has 1 atom stereocenters. The smallest absolute Gasteiger partial charge is 0.178 e. The predicted molar refractivity (Wildman–Crippen MR) is 246 cm³/mol. The SMILES string of the molecule is CCCCCN(CCC)c1ccc(C2(c3ccccc3)C=Cc3c4c(c5cc(-c6ccc(OC)cc6OC)c(OC)cc5c3O2)-c2ccccc2C(C)(C)C4(C)C)cc1. The maximum atomic E-state index is 7.77. The van der Waals surface area contributed by atoms with Crippen LogP contribution in [0.25, 0.3) is 39.1 Å². The van der Waals surface area contributed by atoms with E-state index in [1.807, 2.05) is 12.1 Å². The summed E-state index contributed by atoms with van der Waals surface area (Å²) in [6.45, 7) is 16.2. The van der Waals surface area contributed by atoms with Crippen LogP contribution in [-0.2, 0) is 16.4 Å². The number of benzene rings is 6. The Morgan fingerprint density at radius 3 is 1.98 bits per heavy atom. The molecule has 8 rings (SSSR count). The van der Waals surface area contributed by atoms with E-state index in [2.05, 4.69) is 156 Å². The number of hydrogen-bond donors (Lipinski definition) is 0. The van der Waals surface area contributed by atoms with E-state index >= 15 is 0 Å². The van der Waals surface area contributed by atoms with Gasteiger partial charge in [0.1, 0.15) is 23.0 Å². The van der Waals surface area contributed by atoms with E-state index in [0.717, 1.165) is 75.3 Å². The summed E-state index contributed by atoms with van der Waals surface area (Å²) in [5, 5.41) is 2.11. The molecule has 6 aromatic carbocycles. The molecule has 0 spiro atoms. The Bertz CT molecular complexity index is 2520. The third-order valence-electron chi connectivity index (χ3n) is 13.5. The van der Waals surface area contributed by atoms with E-state index in [4.69, 9.17) is 18.9 Å². The Kier molecular flexibility index (Phi) is 10.8. The number of rotatable bonds is 13. The maximum Gasteiger partial charge on any atom is 0.178 e. The molecule has 0 saturated heterocycles. The Morgan fingerprint density at radius 1 is 0.593 bits per heavy atom. The van der Waals surface area contributed by atoms with Gasteiger partial charge in [0.2, 0.25) is 0 Å². The lowest BCUT2D eigenvalue weighted by molar-refractivity contribution is 0.162. The topological polar surface area (TPSA) is 40.2 Å². The average molecular weight is 786 g/mol. The van der Waals surface area contributed by atoms with Gasteiger partial charge in [0.05, 0.1) is 21.3 Å². The van der Waals surface area contributed by atoms with Gasteiger partial charge in [0.25, 0.3) is 0 Å². The van der Waals surface area contributed by atoms with E-state index in [-0.39, 0.29) is 10.8 Å². The van der Waals surface area contributed by atoms with Crippen LogP contribution in [0, 0.1) is 0 Å². The van der Waals surface area contributed by atoms with Crippen LogP contribution in [0.15, 0.2) is 115 Å². The summed E-state index contributed by atoms with van der Waals surface area (Å²) in [5.74, 6) is 3.04. The first-order valence-electron chi connectivity index (χ1n) is 21.4. The number of methoxy groups -OCH3 is 3. The van der Waals surface area contributed by atoms with Crippen LogP contribution < -0.4 is 23.8 Å². The minimum absolute atomic E-state index is 0.189. The van der Waals surface area contributed by atoms with Crippen LogP contribution in [0.1, 0.15) is 95.0 Å². The van der Waals surface area contributed by atoms with Crippen molar-refractivity contribution in [2.45, 2.75) is 83.7 Å². The highest BCUT2D eigenvalue weighted by Gasteiger charge is 2.49. The van der Waals surface area contributed by atoms with Gasteiger partial charge >= 0.3 is 0 Å². The Morgan fingerprint density at radius 2 is 1.29 bits per heavy atom. The quantitative estimate of drug-likeness (QED) is 0.109. The summed E-state index contributed by atoms with van der Waals surface area (Å²) >= 11 is 0. The fraction of sp³-hybridized carbons (Fsp3) is 0.333. The van der Waals surface area contributed by atoms with Gasteiger partial charge in [-0.3, -0.25) is 0 Å². The molecule has 304 valence electrons. The molecule has 5 nitrogen and oxygen atoms in total. The Labute approximate surface area is 351 Å². The molecule has 6 aromatic rings. The van der Waals surface area contributed by atoms with Crippen molar-refractivity contribution in [2.24, 2.45) is 0 Å². The Hall–Kier alpha value is -5.68. The lowest BCUT2D eigenvalue weighted by atomic mass is 9.54. The summed E-state index contributed by atoms with van der Waals surface area (Å²) in [5.41, 5.74) is 10.1. The van der Waals surface area contributed by atoms with Crippen LogP contribution in [0.2, 0.25) is 0 Å². The van der Waals surface area contributed by atoms with E-state index in [1.165, 1.54) is 47.2 Å². The van der Waals surface area contributed by atoms with Crippen LogP contribution in [0.3, 0.4) is 0 Å². The van der Waals surface area contributed by atoms with Crippen LogP contribution in [0.5, 0.6) is 23.0 Å². The molecule has 1 aliphatic heterocycles. The van der Waals surface area contributed by atoms with Crippen molar-refractivity contribution in [3.05, 3.63) is 143 Å². The molecule has 2 aliphatic rings. The van der Waals surface area contributed by atoms with Crippen molar-refractivity contribution in [3.8, 4) is 45.3 Å². The van der Waals surface area contributed by atoms with E-state index in [0.29, 0.717) is 5.75 Å². The van der Waals surface area contributed by atoms with Gasteiger partial charge in [0.15, 0.2) is 5.60 Å². The van der Waals surface area contributed by atoms with Gasteiger partial charge in [0, 0.05) is 63.5 Å². The zero-order valence-electron chi connectivity index (χ0n) is 36.4. The van der Waals surface area contributed by atoms with Crippen molar-refractivity contribution in [2.75, 3.05) is 39.3 Å². The van der Waals surface area contributed by atoms with Crippen molar-refractivity contribution in [3.63, 3.8) is 0 Å². The highest BCUT2D eigenvalue weighted by molar-refractivity contribution is 6.09. The second-order valence-corrected chi connectivity index (χ2v) is 17.2. The molecule has 0 amide bonds. The summed E-state index contributed by atoms with van der Waals surface area (Å²) in [6.07, 6.45) is 9.41. The first kappa shape index (κ1) is 40.1. The number of hydrogen-bond acceptors (Lipinski definition) is 5. The van der Waals surface area contributed by atoms with Gasteiger partial charge in [-0.2, -0.15) is 0 Å². The largest absolute Gasteiger partial charge is 0.497 e. The minimum Gasteiger partial charge on any atom is -0.497 e. The second kappa shape index (κ2) is 15.8. The van der Waals surface area contributed by atoms with Crippen LogP contribution in [0.4, 0.5) is 5.69 Å². The average Bonchev–Trinajstić information content (AvgIpc) is 3.27. The zero-order valence-corrected chi connectivity index (χ0v) is 36.4. The number of ether oxygens (including phenoxy) is 4. The summed E-state index contributed by atoms with van der Waals surface area (Å²) in [4.78, 5) is 2.53. The van der Waals surface area contributed by atoms with Crippen LogP contribution in [-0.4, -0.2) is 34.4 Å². The summed E-state index contributed by atoms with van der Waals surface area (Å²) in [7, 11) is 5.12. The molecule has 0 N–H and O–H groups in total. The molecule has 5 heteroatoms. The van der Waals surface area contributed by atoms with Crippen LogP contribution >= 0.6 is 0 Å². The third kappa shape index (κ3) is 6.54. The molecular formula is C54H59NO4. The van der Waals surface area contributed by atoms with Gasteiger partial charge in [-0.1, -0.05) is 127 Å². The number of unbranched alkanes of at least 4 members (excludes halogenated alkanes) is 2. The van der Waals surface area contributed by atoms with Gasteiger partial charge < -0.3 is 23.8 Å². The highest BCUT2D eigenvalue weighted by atomic mass is 16.5. The highest BCUT2D eigenvalue weighted by Crippen LogP contribution is 2.61. The van der Waals surface area contributed by atoms with Crippen molar-refractivity contribution in [1.82, 2.24) is 0 Å². The zero-order chi connectivity index (χ0) is 41.5. The number of fused-ring (bicyclic) bond motifs is 8. The van der Waals surface area contributed by atoms with Crippen molar-refractivity contribution >= 4 is 22.5 Å². The van der Waals surface area contributed by atoms with E-state index < -0.39 is 5.60 Å². The molecule has 0 saturated carbocycles. The fourth-order valence-corrected chi connectivity index (χ4v) is 9.67. The standard InChI is InChI=1S/C54H59NO4/c1-10-12-18-32-55(31-11-2)38-25-23-37(24-26-38)54(36-19-14-13-15-20-36)30-29-42-50-49(41-21-16-17-22-46(41)52(3,4)53(50,5)6)44-34-43(48(58-9)35-45(44)51(42)59-54)40-28-27-39(56-7)33-47(40)57-8/h13-17,19-30,33-35H,10-12,18,31-32H2,1-9H3. The number of anilines is 1. The van der Waals surface area contributed by atoms with Crippen molar-refractivity contribution < 1.29 is 18.9 Å². The van der Waals surface area contributed by atoms with Gasteiger partial charge in [-0.15, -0.1) is 0 Å². The lowest BCUT2D eigenvalue weighted by Gasteiger charge is -2.50. The maximum absolute atomic E-state index is 7.77. The molecule has 0 aromatic heterocycles. The molecule has 1 unspecified atom stereocenters. The van der Waals surface area contributed by atoms with Gasteiger partial charge in [-0.25, -0.2) is 0 Å². The summed E-state index contributed by atoms with van der Waals surface area (Å²) < 4.78 is 25.6. The predicted octanol–water partition coefficient (Wildman–Crippen LogP) is 13.5. The first-order chi connectivity index (χ1) is 28.5. The molecule has 1 heterocycles. The molecular weight excluding hydrogens is 727 g/mol. The molecule has 1 aliphatic carbocycles. The number of nitrogens with zero attached hydrogens (tertiary/aromatic N) is 1. The van der Waals surface area contributed by atoms with Crippen molar-refractivity contribution in [1.29, 1.82) is 0 Å². The molecule has 0 fully saturated rings. The third-order valence-corrected chi connectivity index (χ3v) is 13.5. The van der Waals surface area contributed by atoms with E-state index in [1.54, 1.807) is 21.3 Å². The monoisotopic (exact) mass is 785 g/mol. The molecule has 0 bridgehead atoms.